The third-order valence-corrected chi connectivity index (χ3v) is 6.62. The van der Waals surface area contributed by atoms with Crippen molar-refractivity contribution in [2.45, 2.75) is 31.0 Å². The molecule has 8 heteroatoms. The summed E-state index contributed by atoms with van der Waals surface area (Å²) in [4.78, 5) is 6.67. The van der Waals surface area contributed by atoms with E-state index in [0.717, 1.165) is 43.6 Å². The quantitative estimate of drug-likeness (QED) is 0.377. The molecule has 1 saturated heterocycles. The van der Waals surface area contributed by atoms with Crippen LogP contribution in [0.3, 0.4) is 0 Å². The van der Waals surface area contributed by atoms with Crippen LogP contribution in [0.15, 0.2) is 60.7 Å². The highest BCUT2D eigenvalue weighted by molar-refractivity contribution is 5.61. The molecule has 0 N–H and O–H groups in total. The first-order valence-electron chi connectivity index (χ1n) is 11.4. The van der Waals surface area contributed by atoms with E-state index in [1.54, 1.807) is 36.4 Å². The van der Waals surface area contributed by atoms with Crippen molar-refractivity contribution in [2.24, 2.45) is 0 Å². The molecular formula is C27H28F4N2O2. The molecule has 35 heavy (non-hydrogen) atoms. The Bertz CT molecular complexity index is 1120. The number of halogens is 4. The Balaban J connectivity index is 1.57. The largest absolute Gasteiger partial charge is 0.497 e. The second-order valence-corrected chi connectivity index (χ2v) is 9.04. The van der Waals surface area contributed by atoms with Gasteiger partial charge in [-0.1, -0.05) is 12.1 Å². The van der Waals surface area contributed by atoms with E-state index in [1.165, 1.54) is 19.2 Å². The van der Waals surface area contributed by atoms with Crippen LogP contribution in [0.25, 0.3) is 11.3 Å². The van der Waals surface area contributed by atoms with Crippen molar-refractivity contribution < 1.29 is 27.0 Å². The van der Waals surface area contributed by atoms with E-state index in [1.807, 2.05) is 7.05 Å². The van der Waals surface area contributed by atoms with Gasteiger partial charge in [-0.2, -0.15) is 13.2 Å². The summed E-state index contributed by atoms with van der Waals surface area (Å²) in [5.41, 5.74) is 0.839. The fourth-order valence-corrected chi connectivity index (χ4v) is 4.45. The molecule has 0 bridgehead atoms. The molecule has 2 aromatic carbocycles. The fourth-order valence-electron chi connectivity index (χ4n) is 4.45. The lowest BCUT2D eigenvalue weighted by molar-refractivity contribution is -0.137. The third-order valence-electron chi connectivity index (χ3n) is 6.62. The van der Waals surface area contributed by atoms with E-state index in [4.69, 9.17) is 9.47 Å². The van der Waals surface area contributed by atoms with Crippen molar-refractivity contribution in [1.29, 1.82) is 0 Å². The van der Waals surface area contributed by atoms with Crippen LogP contribution in [0.4, 0.5) is 17.6 Å². The predicted molar refractivity (Wildman–Crippen MR) is 126 cm³/mol. The van der Waals surface area contributed by atoms with Gasteiger partial charge in [0.15, 0.2) is 0 Å². The SMILES string of the molecule is COc1ccc(-c2cc(C(F)(F)F)cc(COCC3(c4ccc(F)cc4)CCN(C)CC3)n2)cc1. The highest BCUT2D eigenvalue weighted by Crippen LogP contribution is 2.37. The van der Waals surface area contributed by atoms with Crippen molar-refractivity contribution in [3.8, 4) is 17.0 Å². The van der Waals surface area contributed by atoms with E-state index >= 15 is 0 Å². The number of hydrogen-bond acceptors (Lipinski definition) is 4. The zero-order chi connectivity index (χ0) is 25.1. The number of rotatable bonds is 7. The molecule has 0 aliphatic carbocycles. The van der Waals surface area contributed by atoms with Gasteiger partial charge in [-0.15, -0.1) is 0 Å². The molecule has 0 unspecified atom stereocenters. The number of alkyl halides is 3. The maximum atomic E-state index is 13.6. The Morgan fingerprint density at radius 1 is 0.971 bits per heavy atom. The average Bonchev–Trinajstić information content (AvgIpc) is 2.85. The Morgan fingerprint density at radius 2 is 1.63 bits per heavy atom. The minimum Gasteiger partial charge on any atom is -0.497 e. The highest BCUT2D eigenvalue weighted by atomic mass is 19.4. The second kappa shape index (κ2) is 10.3. The summed E-state index contributed by atoms with van der Waals surface area (Å²) >= 11 is 0. The number of ether oxygens (including phenoxy) is 2. The topological polar surface area (TPSA) is 34.6 Å². The Morgan fingerprint density at radius 3 is 2.23 bits per heavy atom. The lowest BCUT2D eigenvalue weighted by Crippen LogP contribution is -2.43. The summed E-state index contributed by atoms with van der Waals surface area (Å²) < 4.78 is 65.5. The summed E-state index contributed by atoms with van der Waals surface area (Å²) in [5.74, 6) is 0.297. The molecule has 0 radical (unpaired) electrons. The summed E-state index contributed by atoms with van der Waals surface area (Å²) in [6, 6.07) is 15.2. The van der Waals surface area contributed by atoms with Crippen LogP contribution in [-0.4, -0.2) is 43.7 Å². The number of aromatic nitrogens is 1. The number of pyridine rings is 1. The van der Waals surface area contributed by atoms with E-state index in [0.29, 0.717) is 17.9 Å². The van der Waals surface area contributed by atoms with Gasteiger partial charge in [0.25, 0.3) is 0 Å². The van der Waals surface area contributed by atoms with Crippen LogP contribution in [0.2, 0.25) is 0 Å². The van der Waals surface area contributed by atoms with E-state index in [9.17, 15) is 17.6 Å². The number of benzene rings is 2. The van der Waals surface area contributed by atoms with E-state index in [2.05, 4.69) is 9.88 Å². The fraction of sp³-hybridized carbons (Fsp3) is 0.370. The minimum absolute atomic E-state index is 0.0636. The molecule has 0 amide bonds. The normalized spacial score (nSPS) is 16.3. The first kappa shape index (κ1) is 25.1. The first-order chi connectivity index (χ1) is 16.7. The number of hydrogen-bond donors (Lipinski definition) is 0. The molecule has 0 atom stereocenters. The molecule has 1 fully saturated rings. The van der Waals surface area contributed by atoms with Crippen molar-refractivity contribution in [1.82, 2.24) is 9.88 Å². The summed E-state index contributed by atoms with van der Waals surface area (Å²) in [5, 5.41) is 0. The summed E-state index contributed by atoms with van der Waals surface area (Å²) in [6.45, 7) is 1.95. The Kier molecular flexibility index (Phi) is 7.42. The van der Waals surface area contributed by atoms with Gasteiger partial charge in [0.2, 0.25) is 0 Å². The highest BCUT2D eigenvalue weighted by Gasteiger charge is 2.36. The van der Waals surface area contributed by atoms with Gasteiger partial charge in [0, 0.05) is 11.0 Å². The summed E-state index contributed by atoms with van der Waals surface area (Å²) in [6.07, 6.45) is -2.90. The Hall–Kier alpha value is -2.97. The van der Waals surface area contributed by atoms with Crippen LogP contribution in [0.1, 0.15) is 29.7 Å². The van der Waals surface area contributed by atoms with Crippen LogP contribution in [0.5, 0.6) is 5.75 Å². The first-order valence-corrected chi connectivity index (χ1v) is 11.4. The molecular weight excluding hydrogens is 460 g/mol. The van der Waals surface area contributed by atoms with Crippen LogP contribution in [0, 0.1) is 5.82 Å². The zero-order valence-electron chi connectivity index (χ0n) is 19.7. The third kappa shape index (κ3) is 6.00. The van der Waals surface area contributed by atoms with Crippen LogP contribution in [-0.2, 0) is 22.9 Å². The molecule has 3 aromatic rings. The predicted octanol–water partition coefficient (Wildman–Crippen LogP) is 6.10. The van der Waals surface area contributed by atoms with Gasteiger partial charge < -0.3 is 14.4 Å². The van der Waals surface area contributed by atoms with Crippen LogP contribution < -0.4 is 4.74 Å². The number of nitrogens with zero attached hydrogens (tertiary/aromatic N) is 2. The van der Waals surface area contributed by atoms with Gasteiger partial charge in [-0.3, -0.25) is 4.98 Å². The van der Waals surface area contributed by atoms with Crippen molar-refractivity contribution in [2.75, 3.05) is 33.9 Å². The zero-order valence-corrected chi connectivity index (χ0v) is 19.7. The minimum atomic E-state index is -4.51. The maximum Gasteiger partial charge on any atom is 0.416 e. The van der Waals surface area contributed by atoms with Crippen LogP contribution >= 0.6 is 0 Å². The molecule has 1 aliphatic heterocycles. The number of piperidine rings is 1. The standard InChI is InChI=1S/C27H28F4N2O2/c1-33-13-11-26(12-14-33,20-5-7-22(28)8-6-20)18-35-17-23-15-21(27(29,30)31)16-25(32-23)19-3-9-24(34-2)10-4-19/h3-10,15-16H,11-14,17-18H2,1-2H3. The molecule has 1 aromatic heterocycles. The molecule has 4 rings (SSSR count). The second-order valence-electron chi connectivity index (χ2n) is 9.04. The molecule has 4 nitrogen and oxygen atoms in total. The van der Waals surface area contributed by atoms with Gasteiger partial charge >= 0.3 is 6.18 Å². The smallest absolute Gasteiger partial charge is 0.416 e. The molecule has 2 heterocycles. The number of methoxy groups -OCH3 is 1. The van der Waals surface area contributed by atoms with Crippen molar-refractivity contribution >= 4 is 0 Å². The van der Waals surface area contributed by atoms with Gasteiger partial charge in [-0.25, -0.2) is 4.39 Å². The Labute approximate surface area is 202 Å². The summed E-state index contributed by atoms with van der Waals surface area (Å²) in [7, 11) is 3.57. The molecule has 1 aliphatic rings. The van der Waals surface area contributed by atoms with Crippen molar-refractivity contribution in [3.05, 3.63) is 83.3 Å². The lowest BCUT2D eigenvalue weighted by atomic mass is 9.73. The van der Waals surface area contributed by atoms with E-state index in [-0.39, 0.29) is 29.2 Å². The average molecular weight is 489 g/mol. The van der Waals surface area contributed by atoms with Crippen molar-refractivity contribution in [3.63, 3.8) is 0 Å². The monoisotopic (exact) mass is 488 g/mol. The van der Waals surface area contributed by atoms with Gasteiger partial charge in [0.1, 0.15) is 11.6 Å². The van der Waals surface area contributed by atoms with Gasteiger partial charge in [-0.05, 0) is 87.1 Å². The molecule has 186 valence electrons. The maximum absolute atomic E-state index is 13.6. The number of likely N-dealkylation sites (tertiary alicyclic amines) is 1. The lowest BCUT2D eigenvalue weighted by Gasteiger charge is -2.41. The molecule has 0 saturated carbocycles. The molecule has 0 spiro atoms. The van der Waals surface area contributed by atoms with Gasteiger partial charge in [0.05, 0.1) is 37.3 Å². The van der Waals surface area contributed by atoms with E-state index < -0.39 is 11.7 Å².